The van der Waals surface area contributed by atoms with E-state index in [0.29, 0.717) is 0 Å². The summed E-state index contributed by atoms with van der Waals surface area (Å²) in [6, 6.07) is 74.4. The monoisotopic (exact) mass is 794 g/mol. The maximum atomic E-state index is 6.27. The van der Waals surface area contributed by atoms with E-state index in [1.807, 2.05) is 31.2 Å². The maximum absolute atomic E-state index is 6.27. The summed E-state index contributed by atoms with van der Waals surface area (Å²) in [6.07, 6.45) is 5.90. The number of fused-ring (bicyclic) bond motifs is 5. The Labute approximate surface area is 361 Å². The van der Waals surface area contributed by atoms with Crippen molar-refractivity contribution in [1.29, 1.82) is 0 Å². The highest BCUT2D eigenvalue weighted by molar-refractivity contribution is 6.09. The molecule has 0 bridgehead atoms. The quantitative estimate of drug-likeness (QED) is 0.145. The topological polar surface area (TPSA) is 21.3 Å². The number of benzene rings is 9. The Morgan fingerprint density at radius 3 is 1.66 bits per heavy atom. The zero-order chi connectivity index (χ0) is 41.6. The SMILES string of the molecule is C=Cc1c(/C=C\C)oc2cccc(-c3ccc(N(c4ccc(-c5cccc(-n6c7ccccc7c7ccccc76)c5)cc4)c4ccc(-c5ccc6ccccc6c5)cc4)cc3)c12. The first-order valence-electron chi connectivity index (χ1n) is 21.1. The number of hydrogen-bond acceptors (Lipinski definition) is 2. The highest BCUT2D eigenvalue weighted by Gasteiger charge is 2.18. The van der Waals surface area contributed by atoms with Gasteiger partial charge in [-0.1, -0.05) is 152 Å². The van der Waals surface area contributed by atoms with E-state index in [1.54, 1.807) is 0 Å². The lowest BCUT2D eigenvalue weighted by molar-refractivity contribution is 0.603. The van der Waals surface area contributed by atoms with Crippen LogP contribution in [0.5, 0.6) is 0 Å². The number of para-hydroxylation sites is 2. The van der Waals surface area contributed by atoms with Crippen LogP contribution >= 0.6 is 0 Å². The van der Waals surface area contributed by atoms with Crippen molar-refractivity contribution in [3.8, 4) is 39.1 Å². The molecule has 294 valence electrons. The molecule has 0 spiro atoms. The average molecular weight is 795 g/mol. The molecule has 9 aromatic carbocycles. The fraction of sp³-hybridized carbons (Fsp3) is 0.0169. The molecule has 0 N–H and O–H groups in total. The Kier molecular flexibility index (Phi) is 9.21. The summed E-state index contributed by atoms with van der Waals surface area (Å²) in [7, 11) is 0. The van der Waals surface area contributed by atoms with E-state index in [2.05, 4.69) is 216 Å². The van der Waals surface area contributed by atoms with Crippen LogP contribution in [0.3, 0.4) is 0 Å². The second kappa shape index (κ2) is 15.5. The Bertz CT molecular complexity index is 3420. The number of allylic oxidation sites excluding steroid dienone is 1. The molecule has 2 heterocycles. The van der Waals surface area contributed by atoms with Gasteiger partial charge in [-0.3, -0.25) is 0 Å². The van der Waals surface area contributed by atoms with Gasteiger partial charge >= 0.3 is 0 Å². The van der Waals surface area contributed by atoms with Gasteiger partial charge in [0.15, 0.2) is 0 Å². The number of hydrogen-bond donors (Lipinski definition) is 0. The molecule has 3 nitrogen and oxygen atoms in total. The van der Waals surface area contributed by atoms with Crippen LogP contribution in [0.1, 0.15) is 18.2 Å². The Morgan fingerprint density at radius 1 is 0.484 bits per heavy atom. The number of aromatic nitrogens is 1. The van der Waals surface area contributed by atoms with Gasteiger partial charge < -0.3 is 13.9 Å². The normalized spacial score (nSPS) is 11.6. The van der Waals surface area contributed by atoms with Gasteiger partial charge in [-0.25, -0.2) is 0 Å². The van der Waals surface area contributed by atoms with Gasteiger partial charge in [0.2, 0.25) is 0 Å². The largest absolute Gasteiger partial charge is 0.456 e. The maximum Gasteiger partial charge on any atom is 0.136 e. The number of nitrogens with zero attached hydrogens (tertiary/aromatic N) is 2. The van der Waals surface area contributed by atoms with E-state index in [-0.39, 0.29) is 0 Å². The minimum absolute atomic E-state index is 0.821. The van der Waals surface area contributed by atoms with E-state index >= 15 is 0 Å². The Balaban J connectivity index is 0.979. The molecule has 11 aromatic rings. The minimum Gasteiger partial charge on any atom is -0.456 e. The lowest BCUT2D eigenvalue weighted by Crippen LogP contribution is -2.09. The average Bonchev–Trinajstić information content (AvgIpc) is 3.87. The molecule has 2 aromatic heterocycles. The zero-order valence-electron chi connectivity index (χ0n) is 34.4. The molecule has 0 amide bonds. The van der Waals surface area contributed by atoms with Crippen molar-refractivity contribution in [2.24, 2.45) is 0 Å². The van der Waals surface area contributed by atoms with Gasteiger partial charge in [0.1, 0.15) is 11.3 Å². The van der Waals surface area contributed by atoms with Gasteiger partial charge in [0.25, 0.3) is 0 Å². The number of anilines is 3. The van der Waals surface area contributed by atoms with E-state index in [0.717, 1.165) is 67.3 Å². The molecule has 0 fully saturated rings. The van der Waals surface area contributed by atoms with Crippen LogP contribution in [0.25, 0.3) is 94.8 Å². The Morgan fingerprint density at radius 2 is 1.03 bits per heavy atom. The lowest BCUT2D eigenvalue weighted by atomic mass is 9.97. The first kappa shape index (κ1) is 36.9. The highest BCUT2D eigenvalue weighted by Crippen LogP contribution is 2.41. The molecular weight excluding hydrogens is 753 g/mol. The van der Waals surface area contributed by atoms with Gasteiger partial charge in [0.05, 0.1) is 11.0 Å². The fourth-order valence-electron chi connectivity index (χ4n) is 9.15. The van der Waals surface area contributed by atoms with E-state index in [9.17, 15) is 0 Å². The number of rotatable bonds is 9. The lowest BCUT2D eigenvalue weighted by Gasteiger charge is -2.26. The summed E-state index contributed by atoms with van der Waals surface area (Å²) in [5, 5.41) is 6.07. The summed E-state index contributed by atoms with van der Waals surface area (Å²) >= 11 is 0. The van der Waals surface area contributed by atoms with Crippen LogP contribution in [0.4, 0.5) is 17.1 Å². The van der Waals surface area contributed by atoms with Crippen molar-refractivity contribution in [3.05, 3.63) is 230 Å². The molecule has 62 heavy (non-hydrogen) atoms. The van der Waals surface area contributed by atoms with Gasteiger partial charge in [-0.15, -0.1) is 0 Å². The van der Waals surface area contributed by atoms with Crippen molar-refractivity contribution in [2.75, 3.05) is 4.90 Å². The molecule has 0 atom stereocenters. The smallest absolute Gasteiger partial charge is 0.136 e. The third-order valence-corrected chi connectivity index (χ3v) is 12.1. The second-order valence-corrected chi connectivity index (χ2v) is 15.7. The molecule has 11 rings (SSSR count). The van der Waals surface area contributed by atoms with Crippen molar-refractivity contribution < 1.29 is 4.42 Å². The predicted molar refractivity (Wildman–Crippen MR) is 264 cm³/mol. The van der Waals surface area contributed by atoms with Crippen molar-refractivity contribution >= 4 is 72.8 Å². The molecule has 0 aliphatic heterocycles. The first-order chi connectivity index (χ1) is 30.6. The standard InChI is InChI=1S/C59H42N2O/c1-3-13-57-51(4-2)59-52(20-12-23-58(59)62-57)43-30-36-49(37-31-43)60(48-34-28-42(29-35-48)46-25-24-40-14-5-6-15-44(40)38-46)47-32-26-41(27-33-47)45-16-11-17-50(39-45)61-55-21-9-7-18-53(55)54-19-8-10-22-56(54)61/h3-39H,2H2,1H3/b13-3-. The Hall–Kier alpha value is -8.14. The summed E-state index contributed by atoms with van der Waals surface area (Å²) in [5.74, 6) is 0.821. The number of furan rings is 1. The molecule has 0 aliphatic rings. The summed E-state index contributed by atoms with van der Waals surface area (Å²) in [5.41, 5.74) is 15.5. The van der Waals surface area contributed by atoms with Crippen LogP contribution in [-0.2, 0) is 0 Å². The zero-order valence-corrected chi connectivity index (χ0v) is 34.4. The first-order valence-corrected chi connectivity index (χ1v) is 21.1. The van der Waals surface area contributed by atoms with E-state index in [1.165, 1.54) is 43.7 Å². The third-order valence-electron chi connectivity index (χ3n) is 12.1. The van der Waals surface area contributed by atoms with E-state index < -0.39 is 0 Å². The molecule has 0 radical (unpaired) electrons. The summed E-state index contributed by atoms with van der Waals surface area (Å²) in [4.78, 5) is 2.34. The van der Waals surface area contributed by atoms with Crippen molar-refractivity contribution in [3.63, 3.8) is 0 Å². The van der Waals surface area contributed by atoms with Crippen LogP contribution < -0.4 is 4.90 Å². The molecule has 0 aliphatic carbocycles. The molecule has 0 saturated carbocycles. The third kappa shape index (κ3) is 6.39. The van der Waals surface area contributed by atoms with Gasteiger partial charge in [-0.05, 0) is 130 Å². The van der Waals surface area contributed by atoms with Crippen LogP contribution in [-0.4, -0.2) is 4.57 Å². The van der Waals surface area contributed by atoms with Gasteiger partial charge in [-0.2, -0.15) is 0 Å². The van der Waals surface area contributed by atoms with Crippen LogP contribution in [0, 0.1) is 0 Å². The second-order valence-electron chi connectivity index (χ2n) is 15.7. The van der Waals surface area contributed by atoms with Crippen molar-refractivity contribution in [1.82, 2.24) is 4.57 Å². The fourth-order valence-corrected chi connectivity index (χ4v) is 9.15. The van der Waals surface area contributed by atoms with Crippen LogP contribution in [0.2, 0.25) is 0 Å². The van der Waals surface area contributed by atoms with E-state index in [4.69, 9.17) is 4.42 Å². The molecule has 0 saturated heterocycles. The molecule has 0 unspecified atom stereocenters. The summed E-state index contributed by atoms with van der Waals surface area (Å²) < 4.78 is 8.64. The minimum atomic E-state index is 0.821. The predicted octanol–water partition coefficient (Wildman–Crippen LogP) is 16.8. The van der Waals surface area contributed by atoms with Crippen LogP contribution in [0.15, 0.2) is 223 Å². The summed E-state index contributed by atoms with van der Waals surface area (Å²) in [6.45, 7) is 6.14. The van der Waals surface area contributed by atoms with Gasteiger partial charge in [0, 0.05) is 44.5 Å². The van der Waals surface area contributed by atoms with Crippen molar-refractivity contribution in [2.45, 2.75) is 6.92 Å². The molecule has 3 heteroatoms. The molecular formula is C59H42N2O. The highest BCUT2D eigenvalue weighted by atomic mass is 16.3.